The van der Waals surface area contributed by atoms with Gasteiger partial charge in [-0.15, -0.1) is 0 Å². The summed E-state index contributed by atoms with van der Waals surface area (Å²) in [6, 6.07) is 12.3. The van der Waals surface area contributed by atoms with Gasteiger partial charge in [-0.1, -0.05) is 24.3 Å². The molecule has 2 rings (SSSR count). The zero-order valence-electron chi connectivity index (χ0n) is 11.6. The quantitative estimate of drug-likeness (QED) is 0.889. The van der Waals surface area contributed by atoms with Crippen LogP contribution in [0.4, 0.5) is 0 Å². The van der Waals surface area contributed by atoms with Crippen LogP contribution in [0.15, 0.2) is 42.6 Å². The molecule has 100 valence electrons. The third kappa shape index (κ3) is 4.18. The Balaban J connectivity index is 1.87. The summed E-state index contributed by atoms with van der Waals surface area (Å²) in [5, 5.41) is 10.1. The van der Waals surface area contributed by atoms with Crippen LogP contribution in [0, 0.1) is 13.8 Å². The van der Waals surface area contributed by atoms with Gasteiger partial charge in [0, 0.05) is 11.9 Å². The Bertz CT molecular complexity index is 522. The van der Waals surface area contributed by atoms with Crippen LogP contribution >= 0.6 is 0 Å². The van der Waals surface area contributed by atoms with E-state index in [0.717, 1.165) is 18.5 Å². The summed E-state index contributed by atoms with van der Waals surface area (Å²) in [6.07, 6.45) is 3.79. The molecule has 0 aliphatic heterocycles. The van der Waals surface area contributed by atoms with Crippen molar-refractivity contribution in [3.05, 3.63) is 65.0 Å². The van der Waals surface area contributed by atoms with Crippen LogP contribution in [0.25, 0.3) is 0 Å². The molecule has 1 heterocycles. The largest absolute Gasteiger partial charge is 0.393 e. The second-order valence-corrected chi connectivity index (χ2v) is 5.14. The van der Waals surface area contributed by atoms with Gasteiger partial charge in [-0.25, -0.2) is 0 Å². The second kappa shape index (κ2) is 6.48. The standard InChI is InChI=1S/C17H21NO/c1-13-6-7-15(11-14(13)2)12-17(19)9-8-16-5-3-4-10-18-16/h3-7,10-11,17,19H,8-9,12H2,1-2H3. The molecule has 0 aliphatic rings. The summed E-state index contributed by atoms with van der Waals surface area (Å²) >= 11 is 0. The SMILES string of the molecule is Cc1ccc(CC(O)CCc2ccccn2)cc1C. The molecule has 1 aromatic heterocycles. The van der Waals surface area contributed by atoms with E-state index in [2.05, 4.69) is 37.0 Å². The smallest absolute Gasteiger partial charge is 0.0584 e. The molecule has 1 atom stereocenters. The minimum Gasteiger partial charge on any atom is -0.393 e. The Morgan fingerprint density at radius 2 is 1.95 bits per heavy atom. The van der Waals surface area contributed by atoms with Crippen LogP contribution in [-0.4, -0.2) is 16.2 Å². The summed E-state index contributed by atoms with van der Waals surface area (Å²) in [5.74, 6) is 0. The van der Waals surface area contributed by atoms with E-state index in [9.17, 15) is 5.11 Å². The molecule has 19 heavy (non-hydrogen) atoms. The van der Waals surface area contributed by atoms with Crippen LogP contribution in [-0.2, 0) is 12.8 Å². The molecular weight excluding hydrogens is 234 g/mol. The molecule has 0 bridgehead atoms. The number of hydrogen-bond donors (Lipinski definition) is 1. The number of hydrogen-bond acceptors (Lipinski definition) is 2. The van der Waals surface area contributed by atoms with E-state index >= 15 is 0 Å². The highest BCUT2D eigenvalue weighted by Crippen LogP contribution is 2.13. The lowest BCUT2D eigenvalue weighted by Crippen LogP contribution is -2.12. The summed E-state index contributed by atoms with van der Waals surface area (Å²) < 4.78 is 0. The van der Waals surface area contributed by atoms with Gasteiger partial charge in [-0.05, 0) is 61.9 Å². The number of aliphatic hydroxyl groups excluding tert-OH is 1. The highest BCUT2D eigenvalue weighted by atomic mass is 16.3. The van der Waals surface area contributed by atoms with Gasteiger partial charge in [0.2, 0.25) is 0 Å². The molecule has 1 unspecified atom stereocenters. The topological polar surface area (TPSA) is 33.1 Å². The van der Waals surface area contributed by atoms with E-state index in [1.54, 1.807) is 6.20 Å². The van der Waals surface area contributed by atoms with Crippen molar-refractivity contribution >= 4 is 0 Å². The number of rotatable bonds is 5. The van der Waals surface area contributed by atoms with Crippen LogP contribution in [0.1, 0.15) is 28.8 Å². The van der Waals surface area contributed by atoms with Gasteiger partial charge in [0.15, 0.2) is 0 Å². The second-order valence-electron chi connectivity index (χ2n) is 5.14. The molecule has 2 nitrogen and oxygen atoms in total. The molecule has 0 radical (unpaired) electrons. The Morgan fingerprint density at radius 1 is 1.11 bits per heavy atom. The van der Waals surface area contributed by atoms with Crippen molar-refractivity contribution < 1.29 is 5.11 Å². The van der Waals surface area contributed by atoms with E-state index in [1.807, 2.05) is 18.2 Å². The van der Waals surface area contributed by atoms with Gasteiger partial charge >= 0.3 is 0 Å². The molecule has 0 fully saturated rings. The Labute approximate surface area is 115 Å². The van der Waals surface area contributed by atoms with E-state index in [-0.39, 0.29) is 6.10 Å². The summed E-state index contributed by atoms with van der Waals surface area (Å²) in [5.41, 5.74) is 4.83. The first kappa shape index (κ1) is 13.8. The van der Waals surface area contributed by atoms with Crippen LogP contribution < -0.4 is 0 Å². The van der Waals surface area contributed by atoms with E-state index in [4.69, 9.17) is 0 Å². The molecule has 1 aromatic carbocycles. The lowest BCUT2D eigenvalue weighted by atomic mass is 9.99. The fourth-order valence-corrected chi connectivity index (χ4v) is 2.17. The zero-order valence-corrected chi connectivity index (χ0v) is 11.6. The monoisotopic (exact) mass is 255 g/mol. The van der Waals surface area contributed by atoms with Gasteiger partial charge in [-0.2, -0.15) is 0 Å². The van der Waals surface area contributed by atoms with Gasteiger partial charge in [0.25, 0.3) is 0 Å². The number of benzene rings is 1. The van der Waals surface area contributed by atoms with Gasteiger partial charge < -0.3 is 5.11 Å². The van der Waals surface area contributed by atoms with Crippen LogP contribution in [0.5, 0.6) is 0 Å². The van der Waals surface area contributed by atoms with Crippen molar-refractivity contribution in [1.29, 1.82) is 0 Å². The Kier molecular flexibility index (Phi) is 4.69. The maximum atomic E-state index is 10.1. The average Bonchev–Trinajstić information content (AvgIpc) is 2.42. The highest BCUT2D eigenvalue weighted by Gasteiger charge is 2.07. The Morgan fingerprint density at radius 3 is 2.63 bits per heavy atom. The predicted octanol–water partition coefficient (Wildman–Crippen LogP) is 3.23. The van der Waals surface area contributed by atoms with Gasteiger partial charge in [0.1, 0.15) is 0 Å². The van der Waals surface area contributed by atoms with E-state index in [1.165, 1.54) is 16.7 Å². The molecule has 2 heteroatoms. The average molecular weight is 255 g/mol. The summed E-state index contributed by atoms with van der Waals surface area (Å²) in [7, 11) is 0. The fourth-order valence-electron chi connectivity index (χ4n) is 2.17. The third-order valence-corrected chi connectivity index (χ3v) is 3.50. The minimum atomic E-state index is -0.302. The first-order valence-electron chi connectivity index (χ1n) is 6.79. The third-order valence-electron chi connectivity index (χ3n) is 3.50. The molecule has 0 spiro atoms. The van der Waals surface area contributed by atoms with Crippen LogP contribution in [0.2, 0.25) is 0 Å². The lowest BCUT2D eigenvalue weighted by Gasteiger charge is -2.11. The van der Waals surface area contributed by atoms with Crippen molar-refractivity contribution in [3.63, 3.8) is 0 Å². The fraction of sp³-hybridized carbons (Fsp3) is 0.353. The zero-order chi connectivity index (χ0) is 13.7. The number of aromatic nitrogens is 1. The van der Waals surface area contributed by atoms with Gasteiger partial charge in [-0.3, -0.25) is 4.98 Å². The molecule has 0 aliphatic carbocycles. The first-order chi connectivity index (χ1) is 9.15. The van der Waals surface area contributed by atoms with Crippen molar-refractivity contribution in [3.8, 4) is 0 Å². The lowest BCUT2D eigenvalue weighted by molar-refractivity contribution is 0.165. The molecule has 0 saturated carbocycles. The summed E-state index contributed by atoms with van der Waals surface area (Å²) in [6.45, 7) is 4.22. The normalized spacial score (nSPS) is 12.4. The molecule has 2 aromatic rings. The van der Waals surface area contributed by atoms with E-state index < -0.39 is 0 Å². The highest BCUT2D eigenvalue weighted by molar-refractivity contribution is 5.30. The Hall–Kier alpha value is -1.67. The first-order valence-corrected chi connectivity index (χ1v) is 6.79. The van der Waals surface area contributed by atoms with Crippen LogP contribution in [0.3, 0.4) is 0 Å². The van der Waals surface area contributed by atoms with E-state index in [0.29, 0.717) is 6.42 Å². The predicted molar refractivity (Wildman–Crippen MR) is 78.2 cm³/mol. The van der Waals surface area contributed by atoms with Crippen molar-refractivity contribution in [2.45, 2.75) is 39.2 Å². The maximum Gasteiger partial charge on any atom is 0.0584 e. The molecule has 1 N–H and O–H groups in total. The number of aryl methyl sites for hydroxylation is 3. The van der Waals surface area contributed by atoms with Gasteiger partial charge in [0.05, 0.1) is 6.10 Å². The molecule has 0 amide bonds. The number of aliphatic hydroxyl groups is 1. The van der Waals surface area contributed by atoms with Crippen molar-refractivity contribution in [2.75, 3.05) is 0 Å². The van der Waals surface area contributed by atoms with Crippen molar-refractivity contribution in [1.82, 2.24) is 4.98 Å². The summed E-state index contributed by atoms with van der Waals surface area (Å²) in [4.78, 5) is 4.27. The number of pyridine rings is 1. The molecule has 0 saturated heterocycles. The molecular formula is C17H21NO. The van der Waals surface area contributed by atoms with Crippen molar-refractivity contribution in [2.24, 2.45) is 0 Å². The number of nitrogens with zero attached hydrogens (tertiary/aromatic N) is 1. The minimum absolute atomic E-state index is 0.302. The maximum absolute atomic E-state index is 10.1.